The Hall–Kier alpha value is -2.51. The Labute approximate surface area is 217 Å². The van der Waals surface area contributed by atoms with Gasteiger partial charge in [0.2, 0.25) is 0 Å². The van der Waals surface area contributed by atoms with E-state index in [1.54, 1.807) is 48.2 Å². The zero-order valence-corrected chi connectivity index (χ0v) is 21.5. The lowest BCUT2D eigenvalue weighted by Crippen LogP contribution is -2.28. The Bertz CT molecular complexity index is 1320. The smallest absolute Gasteiger partial charge is 0.251 e. The predicted molar refractivity (Wildman–Crippen MR) is 139 cm³/mol. The number of halogens is 3. The first kappa shape index (κ1) is 24.6. The fraction of sp³-hybridized carbons (Fsp3) is 0.160. The summed E-state index contributed by atoms with van der Waals surface area (Å²) in [6, 6.07) is 19.8. The maximum absolute atomic E-state index is 12.8. The number of amides is 1. The van der Waals surface area contributed by atoms with Crippen LogP contribution >= 0.6 is 46.6 Å². The summed E-state index contributed by atoms with van der Waals surface area (Å²) in [4.78, 5) is 12.8. The summed E-state index contributed by atoms with van der Waals surface area (Å²) >= 11 is 20.2. The standard InChI is InChI=1S/C25H21Cl3N4OS/c1-15-4-3-5-17(12-15)14-34-25-31-30-23(32(25)22-11-10-20(27)13-21(22)28)16(2)29-24(33)18-6-8-19(26)9-7-18/h3-13,16H,14H2,1-2H3,(H,29,33). The number of rotatable bonds is 7. The van der Waals surface area contributed by atoms with Crippen molar-refractivity contribution in [3.05, 3.63) is 104 Å². The van der Waals surface area contributed by atoms with Crippen LogP contribution in [0, 0.1) is 6.92 Å². The van der Waals surface area contributed by atoms with Crippen molar-refractivity contribution in [2.75, 3.05) is 0 Å². The molecule has 1 heterocycles. The number of carbonyl (C=O) groups is 1. The summed E-state index contributed by atoms with van der Waals surface area (Å²) in [5.74, 6) is 1.02. The molecule has 5 nitrogen and oxygen atoms in total. The van der Waals surface area contributed by atoms with Gasteiger partial charge in [-0.25, -0.2) is 0 Å². The van der Waals surface area contributed by atoms with Crippen LogP contribution in [0.5, 0.6) is 0 Å². The predicted octanol–water partition coefficient (Wildman–Crippen LogP) is 7.32. The van der Waals surface area contributed by atoms with Gasteiger partial charge in [0.15, 0.2) is 11.0 Å². The Balaban J connectivity index is 1.65. The van der Waals surface area contributed by atoms with Gasteiger partial charge in [-0.3, -0.25) is 9.36 Å². The molecule has 0 spiro atoms. The zero-order chi connectivity index (χ0) is 24.2. The highest BCUT2D eigenvalue weighted by molar-refractivity contribution is 7.98. The lowest BCUT2D eigenvalue weighted by Gasteiger charge is -2.17. The molecule has 1 atom stereocenters. The van der Waals surface area contributed by atoms with E-state index >= 15 is 0 Å². The second-order valence-electron chi connectivity index (χ2n) is 7.75. The maximum atomic E-state index is 12.8. The van der Waals surface area contributed by atoms with Crippen LogP contribution in [-0.4, -0.2) is 20.7 Å². The largest absolute Gasteiger partial charge is 0.342 e. The first-order valence-electron chi connectivity index (χ1n) is 10.5. The minimum absolute atomic E-state index is 0.241. The van der Waals surface area contributed by atoms with E-state index < -0.39 is 6.04 Å². The molecule has 0 bridgehead atoms. The lowest BCUT2D eigenvalue weighted by atomic mass is 10.2. The molecule has 0 fully saturated rings. The van der Waals surface area contributed by atoms with Crippen molar-refractivity contribution in [1.29, 1.82) is 0 Å². The molecule has 4 aromatic rings. The Morgan fingerprint density at radius 2 is 1.74 bits per heavy atom. The summed E-state index contributed by atoms with van der Waals surface area (Å²) in [5, 5.41) is 14.0. The van der Waals surface area contributed by atoms with E-state index in [0.29, 0.717) is 43.1 Å². The van der Waals surface area contributed by atoms with Gasteiger partial charge in [0.05, 0.1) is 16.8 Å². The molecule has 1 unspecified atom stereocenters. The van der Waals surface area contributed by atoms with Gasteiger partial charge in [-0.1, -0.05) is 76.4 Å². The third-order valence-corrected chi connectivity index (χ3v) is 6.89. The normalized spacial score (nSPS) is 11.9. The van der Waals surface area contributed by atoms with Crippen molar-refractivity contribution in [1.82, 2.24) is 20.1 Å². The molecule has 0 aliphatic heterocycles. The van der Waals surface area contributed by atoms with Crippen LogP contribution in [0.3, 0.4) is 0 Å². The second-order valence-corrected chi connectivity index (χ2v) is 9.97. The third-order valence-electron chi connectivity index (χ3n) is 5.10. The Kier molecular flexibility index (Phi) is 7.84. The fourth-order valence-electron chi connectivity index (χ4n) is 3.44. The third kappa shape index (κ3) is 5.76. The van der Waals surface area contributed by atoms with Crippen LogP contribution in [0.15, 0.2) is 71.9 Å². The van der Waals surface area contributed by atoms with Crippen molar-refractivity contribution < 1.29 is 4.79 Å². The topological polar surface area (TPSA) is 59.8 Å². The second kappa shape index (κ2) is 10.8. The summed E-state index contributed by atoms with van der Waals surface area (Å²) < 4.78 is 1.87. The van der Waals surface area contributed by atoms with E-state index in [-0.39, 0.29) is 5.91 Å². The molecular formula is C25H21Cl3N4OS. The minimum Gasteiger partial charge on any atom is -0.342 e. The molecule has 1 N–H and O–H groups in total. The summed E-state index contributed by atoms with van der Waals surface area (Å²) in [5.41, 5.74) is 3.55. The molecule has 0 saturated heterocycles. The summed E-state index contributed by atoms with van der Waals surface area (Å²) in [6.45, 7) is 3.92. The lowest BCUT2D eigenvalue weighted by molar-refractivity contribution is 0.0938. The summed E-state index contributed by atoms with van der Waals surface area (Å²) in [7, 11) is 0. The minimum atomic E-state index is -0.448. The molecule has 174 valence electrons. The molecule has 34 heavy (non-hydrogen) atoms. The van der Waals surface area contributed by atoms with Crippen molar-refractivity contribution in [3.63, 3.8) is 0 Å². The van der Waals surface area contributed by atoms with E-state index in [9.17, 15) is 4.79 Å². The molecule has 0 aliphatic carbocycles. The van der Waals surface area contributed by atoms with E-state index in [0.717, 1.165) is 0 Å². The van der Waals surface area contributed by atoms with Gasteiger partial charge in [0.25, 0.3) is 5.91 Å². The van der Waals surface area contributed by atoms with Crippen LogP contribution in [-0.2, 0) is 5.75 Å². The maximum Gasteiger partial charge on any atom is 0.251 e. The first-order chi connectivity index (χ1) is 16.3. The summed E-state index contributed by atoms with van der Waals surface area (Å²) in [6.07, 6.45) is 0. The van der Waals surface area contributed by atoms with Gasteiger partial charge in [-0.15, -0.1) is 10.2 Å². The number of aromatic nitrogens is 3. The van der Waals surface area contributed by atoms with Crippen molar-refractivity contribution in [3.8, 4) is 5.69 Å². The molecule has 9 heteroatoms. The molecule has 1 aromatic heterocycles. The molecule has 1 amide bonds. The molecule has 3 aromatic carbocycles. The van der Waals surface area contributed by atoms with Crippen LogP contribution in [0.2, 0.25) is 15.1 Å². The number of aryl methyl sites for hydroxylation is 1. The molecule has 0 aliphatic rings. The van der Waals surface area contributed by atoms with Crippen LogP contribution < -0.4 is 5.32 Å². The fourth-order valence-corrected chi connectivity index (χ4v) is 4.95. The van der Waals surface area contributed by atoms with Crippen LogP contribution in [0.4, 0.5) is 0 Å². The quantitative estimate of drug-likeness (QED) is 0.254. The molecule has 0 radical (unpaired) electrons. The number of thioether (sulfide) groups is 1. The molecule has 0 saturated carbocycles. The number of hydrogen-bond donors (Lipinski definition) is 1. The van der Waals surface area contributed by atoms with E-state index in [1.165, 1.54) is 11.1 Å². The Morgan fingerprint density at radius 3 is 2.44 bits per heavy atom. The number of hydrogen-bond acceptors (Lipinski definition) is 4. The van der Waals surface area contributed by atoms with E-state index in [2.05, 4.69) is 40.6 Å². The highest BCUT2D eigenvalue weighted by Gasteiger charge is 2.23. The first-order valence-corrected chi connectivity index (χ1v) is 12.6. The zero-order valence-electron chi connectivity index (χ0n) is 18.4. The molecular weight excluding hydrogens is 511 g/mol. The number of carbonyl (C=O) groups excluding carboxylic acids is 1. The highest BCUT2D eigenvalue weighted by Crippen LogP contribution is 2.32. The molecule has 4 rings (SSSR count). The SMILES string of the molecule is Cc1cccc(CSc2nnc(C(C)NC(=O)c3ccc(Cl)cc3)n2-c2ccc(Cl)cc2Cl)c1. The van der Waals surface area contributed by atoms with Gasteiger partial charge >= 0.3 is 0 Å². The van der Waals surface area contributed by atoms with E-state index in [1.807, 2.05) is 23.6 Å². The van der Waals surface area contributed by atoms with Gasteiger partial charge in [0.1, 0.15) is 0 Å². The average Bonchev–Trinajstić information content (AvgIpc) is 3.22. The average molecular weight is 532 g/mol. The van der Waals surface area contributed by atoms with Crippen molar-refractivity contribution in [2.24, 2.45) is 0 Å². The van der Waals surface area contributed by atoms with Crippen LogP contribution in [0.25, 0.3) is 5.69 Å². The van der Waals surface area contributed by atoms with Gasteiger partial charge < -0.3 is 5.32 Å². The highest BCUT2D eigenvalue weighted by atomic mass is 35.5. The van der Waals surface area contributed by atoms with E-state index in [4.69, 9.17) is 34.8 Å². The van der Waals surface area contributed by atoms with Gasteiger partial charge in [-0.2, -0.15) is 0 Å². The van der Waals surface area contributed by atoms with Gasteiger partial charge in [-0.05, 0) is 61.9 Å². The van der Waals surface area contributed by atoms with Gasteiger partial charge in [0, 0.05) is 21.4 Å². The Morgan fingerprint density at radius 1 is 1.00 bits per heavy atom. The number of nitrogens with zero attached hydrogens (tertiary/aromatic N) is 3. The van der Waals surface area contributed by atoms with Crippen LogP contribution in [0.1, 0.15) is 40.3 Å². The number of nitrogens with one attached hydrogen (secondary N) is 1. The van der Waals surface area contributed by atoms with Crippen molar-refractivity contribution >= 4 is 52.5 Å². The number of benzene rings is 3. The monoisotopic (exact) mass is 530 g/mol. The van der Waals surface area contributed by atoms with Crippen molar-refractivity contribution in [2.45, 2.75) is 30.8 Å².